The highest BCUT2D eigenvalue weighted by molar-refractivity contribution is 5.83. The first-order valence-corrected chi connectivity index (χ1v) is 38.6. The molecule has 0 aliphatic rings. The van der Waals surface area contributed by atoms with E-state index in [1.807, 2.05) is 0 Å². The van der Waals surface area contributed by atoms with Crippen molar-refractivity contribution in [2.75, 3.05) is 65.4 Å². The van der Waals surface area contributed by atoms with E-state index in [2.05, 4.69) is 64.1 Å². The number of hydrogen-bond donors (Lipinski definition) is 6. The van der Waals surface area contributed by atoms with Crippen LogP contribution in [0, 0.1) is 0 Å². The number of nitrogens with zero attached hydrogens (tertiary/aromatic N) is 2. The molecule has 14 nitrogen and oxygen atoms in total. The molecule has 0 heterocycles. The average Bonchev–Trinajstić information content (AvgIpc) is 3.54. The lowest BCUT2D eigenvalue weighted by Crippen LogP contribution is -2.37. The molecule has 0 atom stereocenters. The van der Waals surface area contributed by atoms with Crippen molar-refractivity contribution in [2.24, 2.45) is 5.73 Å². The molecule has 0 rings (SSSR count). The van der Waals surface area contributed by atoms with Crippen LogP contribution in [0.3, 0.4) is 0 Å². The number of primary amides is 1. The maximum absolute atomic E-state index is 13.1. The Morgan fingerprint density at radius 1 is 0.258 bits per heavy atom. The molecule has 0 aromatic heterocycles. The van der Waals surface area contributed by atoms with Crippen LogP contribution in [0.25, 0.3) is 0 Å². The van der Waals surface area contributed by atoms with Crippen LogP contribution >= 0.6 is 0 Å². The van der Waals surface area contributed by atoms with Gasteiger partial charge >= 0.3 is 0 Å². The summed E-state index contributed by atoms with van der Waals surface area (Å²) in [6.07, 6.45) is 59.0. The van der Waals surface area contributed by atoms with Gasteiger partial charge in [-0.3, -0.25) is 28.8 Å². The third-order valence-corrected chi connectivity index (χ3v) is 18.0. The highest BCUT2D eigenvalue weighted by Gasteiger charge is 2.14. The Balaban J connectivity index is 5.00. The van der Waals surface area contributed by atoms with E-state index in [4.69, 9.17) is 5.73 Å². The summed E-state index contributed by atoms with van der Waals surface area (Å²) in [5, 5.41) is 15.9. The highest BCUT2D eigenvalue weighted by Crippen LogP contribution is 2.17. The monoisotopic (exact) mass is 1260 g/mol. The van der Waals surface area contributed by atoms with Crippen molar-refractivity contribution in [1.29, 1.82) is 0 Å². The molecule has 6 amide bonds. The first-order chi connectivity index (χ1) is 43.5. The van der Waals surface area contributed by atoms with Gasteiger partial charge in [0.25, 0.3) is 0 Å². The molecule has 0 saturated carbocycles. The fourth-order valence-corrected chi connectivity index (χ4v) is 12.1. The fourth-order valence-electron chi connectivity index (χ4n) is 12.1. The normalized spacial score (nSPS) is 11.5. The summed E-state index contributed by atoms with van der Waals surface area (Å²) >= 11 is 0. The first kappa shape index (κ1) is 85.7. The molecule has 7 N–H and O–H groups in total. The summed E-state index contributed by atoms with van der Waals surface area (Å²) < 4.78 is 0. The van der Waals surface area contributed by atoms with Crippen molar-refractivity contribution < 1.29 is 28.8 Å². The van der Waals surface area contributed by atoms with Gasteiger partial charge in [-0.25, -0.2) is 0 Å². The Morgan fingerprint density at radius 3 is 0.831 bits per heavy atom. The van der Waals surface area contributed by atoms with Gasteiger partial charge in [0.2, 0.25) is 35.4 Å². The SMILES string of the molecule is CCCCCCCCCC(=O)NCCCCCCCN(CCCCCCCC(N)=O)CCNC(=O)CCC(=O)NCCN(CCCCCCCNC(=O)CCCCCCCCC)CCCCCCCC(=O)NC(CCCCCCCC)CCCCCCCC. The molecule has 0 aliphatic carbocycles. The second-order valence-electron chi connectivity index (χ2n) is 26.7. The van der Waals surface area contributed by atoms with Crippen LogP contribution in [0.15, 0.2) is 0 Å². The van der Waals surface area contributed by atoms with E-state index in [1.54, 1.807) is 0 Å². The lowest BCUT2D eigenvalue weighted by Gasteiger charge is -2.23. The van der Waals surface area contributed by atoms with Crippen LogP contribution in [0.4, 0.5) is 0 Å². The predicted octanol–water partition coefficient (Wildman–Crippen LogP) is 17.2. The largest absolute Gasteiger partial charge is 0.370 e. The van der Waals surface area contributed by atoms with E-state index in [0.717, 1.165) is 219 Å². The molecule has 524 valence electrons. The molecule has 14 heteroatoms. The van der Waals surface area contributed by atoms with Crippen LogP contribution in [0.5, 0.6) is 0 Å². The molecular formula is C75H148N8O6. The van der Waals surface area contributed by atoms with Crippen LogP contribution in [-0.4, -0.2) is 117 Å². The molecular weight excluding hydrogens is 1110 g/mol. The zero-order valence-corrected chi connectivity index (χ0v) is 59.3. The van der Waals surface area contributed by atoms with Crippen LogP contribution in [0.2, 0.25) is 0 Å². The van der Waals surface area contributed by atoms with Gasteiger partial charge in [0, 0.05) is 83.8 Å². The molecule has 0 saturated heterocycles. The van der Waals surface area contributed by atoms with Crippen molar-refractivity contribution in [2.45, 2.75) is 380 Å². The fraction of sp³-hybridized carbons (Fsp3) is 0.920. The molecule has 0 aromatic rings. The second kappa shape index (κ2) is 69.1. The summed E-state index contributed by atoms with van der Waals surface area (Å²) in [6, 6.07) is 0.319. The number of nitrogens with two attached hydrogens (primary N) is 1. The van der Waals surface area contributed by atoms with Gasteiger partial charge in [-0.05, 0) is 103 Å². The Bertz CT molecular complexity index is 1590. The van der Waals surface area contributed by atoms with E-state index in [-0.39, 0.29) is 48.3 Å². The maximum Gasteiger partial charge on any atom is 0.220 e. The Kier molecular flexibility index (Phi) is 66.6. The summed E-state index contributed by atoms with van der Waals surface area (Å²) in [6.45, 7) is 17.1. The summed E-state index contributed by atoms with van der Waals surface area (Å²) in [5.74, 6) is 0.216. The minimum absolute atomic E-state index is 0.0851. The van der Waals surface area contributed by atoms with Gasteiger partial charge in [0.15, 0.2) is 0 Å². The zero-order valence-electron chi connectivity index (χ0n) is 59.3. The van der Waals surface area contributed by atoms with Crippen LogP contribution in [-0.2, 0) is 28.8 Å². The lowest BCUT2D eigenvalue weighted by molar-refractivity contribution is -0.126. The van der Waals surface area contributed by atoms with Gasteiger partial charge < -0.3 is 42.1 Å². The Morgan fingerprint density at radius 2 is 0.506 bits per heavy atom. The highest BCUT2D eigenvalue weighted by atomic mass is 16.2. The Hall–Kier alpha value is -3.26. The molecule has 0 unspecified atom stereocenters. The standard InChI is InChI=1S/C75H148N8O6/c1-5-9-13-17-21-30-42-54-71(85)77-59-45-33-25-37-49-65-82(63-47-35-23-29-41-53-70(76)84)67-61-79-73(87)57-58-74(88)80-62-68-83(66-50-38-26-34-46-60-78-72(86)55-43-31-22-18-14-10-6-2)64-48-36-24-32-44-56-75(89)81-69(51-39-27-19-15-11-7-3)52-40-28-20-16-12-8-4/h69H,5-68H2,1-4H3,(H2,76,84)(H,77,85)(H,78,86)(H,79,87)(H,80,88)(H,81,89). The van der Waals surface area contributed by atoms with Crippen molar-refractivity contribution in [3.05, 3.63) is 0 Å². The van der Waals surface area contributed by atoms with Gasteiger partial charge in [0.05, 0.1) is 0 Å². The summed E-state index contributed by atoms with van der Waals surface area (Å²) in [5.41, 5.74) is 5.33. The molecule has 89 heavy (non-hydrogen) atoms. The number of rotatable bonds is 72. The first-order valence-electron chi connectivity index (χ1n) is 38.6. The van der Waals surface area contributed by atoms with Gasteiger partial charge in [-0.2, -0.15) is 0 Å². The topological polar surface area (TPSA) is 195 Å². The molecule has 0 bridgehead atoms. The maximum atomic E-state index is 13.1. The number of hydrogen-bond acceptors (Lipinski definition) is 8. The van der Waals surface area contributed by atoms with E-state index in [0.29, 0.717) is 44.8 Å². The van der Waals surface area contributed by atoms with Crippen LogP contribution < -0.4 is 32.3 Å². The molecule has 0 radical (unpaired) electrons. The smallest absolute Gasteiger partial charge is 0.220 e. The quantitative estimate of drug-likeness (QED) is 0.0324. The number of unbranched alkanes of at least 4 members (excludes halogenated alkanes) is 38. The number of nitrogens with one attached hydrogen (secondary N) is 5. The van der Waals surface area contributed by atoms with E-state index >= 15 is 0 Å². The lowest BCUT2D eigenvalue weighted by atomic mass is 9.99. The van der Waals surface area contributed by atoms with Crippen molar-refractivity contribution in [3.63, 3.8) is 0 Å². The third-order valence-electron chi connectivity index (χ3n) is 18.0. The van der Waals surface area contributed by atoms with E-state index < -0.39 is 0 Å². The minimum Gasteiger partial charge on any atom is -0.370 e. The van der Waals surface area contributed by atoms with Crippen molar-refractivity contribution >= 4 is 35.4 Å². The third kappa shape index (κ3) is 66.0. The summed E-state index contributed by atoms with van der Waals surface area (Å²) in [7, 11) is 0. The predicted molar refractivity (Wildman–Crippen MR) is 378 cm³/mol. The zero-order chi connectivity index (χ0) is 65.0. The molecule has 0 fully saturated rings. The average molecular weight is 1260 g/mol. The Labute approximate surface area is 549 Å². The summed E-state index contributed by atoms with van der Waals surface area (Å²) in [4.78, 5) is 80.0. The molecule has 0 spiro atoms. The van der Waals surface area contributed by atoms with Gasteiger partial charge in [0.1, 0.15) is 0 Å². The van der Waals surface area contributed by atoms with Crippen molar-refractivity contribution in [1.82, 2.24) is 36.4 Å². The van der Waals surface area contributed by atoms with Crippen molar-refractivity contribution in [3.8, 4) is 0 Å². The number of amides is 6. The van der Waals surface area contributed by atoms with Gasteiger partial charge in [-0.1, -0.05) is 259 Å². The number of carbonyl (C=O) groups is 6. The van der Waals surface area contributed by atoms with Gasteiger partial charge in [-0.15, -0.1) is 0 Å². The molecule has 0 aliphatic heterocycles. The second-order valence-corrected chi connectivity index (χ2v) is 26.7. The minimum atomic E-state index is -0.231. The number of carbonyl (C=O) groups excluding carboxylic acids is 6. The van der Waals surface area contributed by atoms with Crippen LogP contribution in [0.1, 0.15) is 374 Å². The van der Waals surface area contributed by atoms with E-state index in [9.17, 15) is 28.8 Å². The molecule has 0 aromatic carbocycles. The van der Waals surface area contributed by atoms with E-state index in [1.165, 1.54) is 141 Å².